The van der Waals surface area contributed by atoms with Crippen LogP contribution in [0.4, 0.5) is 5.69 Å². The summed E-state index contributed by atoms with van der Waals surface area (Å²) in [7, 11) is 1.61. The molecular formula is C25H21BrN2O3. The summed E-state index contributed by atoms with van der Waals surface area (Å²) in [5, 5.41) is 0. The largest absolute Gasteiger partial charge is 0.497 e. The monoisotopic (exact) mass is 476 g/mol. The maximum atomic E-state index is 13.4. The van der Waals surface area contributed by atoms with Crippen LogP contribution >= 0.6 is 15.9 Å². The molecule has 1 amide bonds. The summed E-state index contributed by atoms with van der Waals surface area (Å²) in [6, 6.07) is 22.7. The molecule has 0 spiro atoms. The van der Waals surface area contributed by atoms with Crippen molar-refractivity contribution in [3.05, 3.63) is 94.1 Å². The van der Waals surface area contributed by atoms with Gasteiger partial charge in [-0.3, -0.25) is 9.69 Å². The van der Waals surface area contributed by atoms with Crippen LogP contribution in [-0.4, -0.2) is 25.5 Å². The van der Waals surface area contributed by atoms with E-state index in [-0.39, 0.29) is 5.91 Å². The molecule has 31 heavy (non-hydrogen) atoms. The van der Waals surface area contributed by atoms with Crippen molar-refractivity contribution < 1.29 is 14.3 Å². The van der Waals surface area contributed by atoms with Gasteiger partial charge in [-0.25, -0.2) is 4.99 Å². The predicted octanol–water partition coefficient (Wildman–Crippen LogP) is 5.69. The lowest BCUT2D eigenvalue weighted by atomic mass is 10.1. The topological polar surface area (TPSA) is 51.1 Å². The number of ether oxygens (including phenoxy) is 2. The quantitative estimate of drug-likeness (QED) is 0.429. The van der Waals surface area contributed by atoms with Gasteiger partial charge in [0.15, 0.2) is 0 Å². The zero-order chi connectivity index (χ0) is 21.8. The van der Waals surface area contributed by atoms with Crippen molar-refractivity contribution in [2.24, 2.45) is 4.99 Å². The van der Waals surface area contributed by atoms with E-state index in [1.54, 1.807) is 18.1 Å². The highest BCUT2D eigenvalue weighted by Crippen LogP contribution is 2.31. The number of carbonyl (C=O) groups is 1. The molecule has 0 aromatic heterocycles. The van der Waals surface area contributed by atoms with Gasteiger partial charge in [0.2, 0.25) is 0 Å². The Hall–Kier alpha value is -3.38. The van der Waals surface area contributed by atoms with E-state index in [9.17, 15) is 4.79 Å². The Kier molecular flexibility index (Phi) is 6.18. The molecule has 0 saturated heterocycles. The highest BCUT2D eigenvalue weighted by atomic mass is 79.9. The van der Waals surface area contributed by atoms with Crippen molar-refractivity contribution >= 4 is 39.4 Å². The van der Waals surface area contributed by atoms with Crippen molar-refractivity contribution in [1.82, 2.24) is 0 Å². The Bertz CT molecular complexity index is 1150. The minimum Gasteiger partial charge on any atom is -0.497 e. The Balaban J connectivity index is 1.76. The first-order valence-electron chi connectivity index (χ1n) is 9.87. The zero-order valence-electron chi connectivity index (χ0n) is 17.2. The number of halogens is 1. The lowest BCUT2D eigenvalue weighted by molar-refractivity contribution is -0.113. The number of hydrogen-bond acceptors (Lipinski definition) is 4. The SMILES string of the molecule is CCOc1ccc(/C=C2/N=C(c3ccccc3Br)N(c3ccc(OC)cc3)C2=O)cc1. The fourth-order valence-corrected chi connectivity index (χ4v) is 3.76. The number of amidine groups is 1. The van der Waals surface area contributed by atoms with Crippen LogP contribution in [0.2, 0.25) is 0 Å². The molecule has 0 bridgehead atoms. The van der Waals surface area contributed by atoms with Crippen molar-refractivity contribution in [1.29, 1.82) is 0 Å². The molecule has 156 valence electrons. The second-order valence-electron chi connectivity index (χ2n) is 6.79. The Morgan fingerprint density at radius 1 is 0.968 bits per heavy atom. The average Bonchev–Trinajstić information content (AvgIpc) is 3.11. The van der Waals surface area contributed by atoms with Crippen LogP contribution in [0.15, 0.2) is 88.0 Å². The van der Waals surface area contributed by atoms with Gasteiger partial charge < -0.3 is 9.47 Å². The van der Waals surface area contributed by atoms with E-state index >= 15 is 0 Å². The summed E-state index contributed by atoms with van der Waals surface area (Å²) in [6.45, 7) is 2.55. The average molecular weight is 477 g/mol. The number of hydrogen-bond donors (Lipinski definition) is 0. The van der Waals surface area contributed by atoms with Gasteiger partial charge in [-0.15, -0.1) is 0 Å². The van der Waals surface area contributed by atoms with Crippen LogP contribution in [0.1, 0.15) is 18.1 Å². The van der Waals surface area contributed by atoms with Crippen LogP contribution in [0.5, 0.6) is 11.5 Å². The van der Waals surface area contributed by atoms with E-state index in [2.05, 4.69) is 15.9 Å². The molecule has 0 fully saturated rings. The molecule has 0 atom stereocenters. The van der Waals surface area contributed by atoms with Gasteiger partial charge in [-0.05, 0) is 61.0 Å². The van der Waals surface area contributed by atoms with E-state index in [1.807, 2.05) is 79.7 Å². The molecule has 0 saturated carbocycles. The number of methoxy groups -OCH3 is 1. The highest BCUT2D eigenvalue weighted by Gasteiger charge is 2.33. The Morgan fingerprint density at radius 3 is 2.29 bits per heavy atom. The summed E-state index contributed by atoms with van der Waals surface area (Å²) < 4.78 is 11.6. The summed E-state index contributed by atoms with van der Waals surface area (Å²) in [5.74, 6) is 1.89. The zero-order valence-corrected chi connectivity index (χ0v) is 18.8. The standard InChI is InChI=1S/C25H21BrN2O3/c1-3-31-20-12-8-17(9-13-20)16-23-25(29)28(18-10-14-19(30-2)15-11-18)24(27-23)21-6-4-5-7-22(21)26/h4-16H,3H2,1-2H3/b23-16+. The predicted molar refractivity (Wildman–Crippen MR) is 127 cm³/mol. The lowest BCUT2D eigenvalue weighted by Gasteiger charge is -2.19. The second-order valence-corrected chi connectivity index (χ2v) is 7.64. The molecule has 3 aromatic rings. The molecule has 6 heteroatoms. The van der Waals surface area contributed by atoms with Crippen LogP contribution in [0.3, 0.4) is 0 Å². The number of amides is 1. The van der Waals surface area contributed by atoms with Gasteiger partial charge in [-0.1, -0.05) is 46.3 Å². The number of rotatable bonds is 6. The molecule has 3 aromatic carbocycles. The van der Waals surface area contributed by atoms with Crippen LogP contribution in [0.25, 0.3) is 6.08 Å². The van der Waals surface area contributed by atoms with Gasteiger partial charge in [0, 0.05) is 10.0 Å². The summed E-state index contributed by atoms with van der Waals surface area (Å²) in [5.41, 5.74) is 2.79. The normalized spacial score (nSPS) is 14.7. The first-order valence-corrected chi connectivity index (χ1v) is 10.7. The molecule has 0 radical (unpaired) electrons. The molecular weight excluding hydrogens is 456 g/mol. The van der Waals surface area contributed by atoms with Gasteiger partial charge in [0.1, 0.15) is 23.0 Å². The van der Waals surface area contributed by atoms with Gasteiger partial charge in [0.05, 0.1) is 19.4 Å². The lowest BCUT2D eigenvalue weighted by Crippen LogP contribution is -2.32. The summed E-state index contributed by atoms with van der Waals surface area (Å²) >= 11 is 3.59. The van der Waals surface area contributed by atoms with Crippen LogP contribution in [-0.2, 0) is 4.79 Å². The first kappa shape index (κ1) is 20.9. The number of anilines is 1. The summed E-state index contributed by atoms with van der Waals surface area (Å²) in [4.78, 5) is 19.7. The van der Waals surface area contributed by atoms with E-state index in [0.29, 0.717) is 18.1 Å². The van der Waals surface area contributed by atoms with E-state index in [4.69, 9.17) is 14.5 Å². The van der Waals surface area contributed by atoms with Gasteiger partial charge >= 0.3 is 0 Å². The van der Waals surface area contributed by atoms with Crippen molar-refractivity contribution in [3.8, 4) is 11.5 Å². The number of benzene rings is 3. The van der Waals surface area contributed by atoms with Crippen LogP contribution < -0.4 is 14.4 Å². The third-order valence-electron chi connectivity index (χ3n) is 4.80. The number of nitrogens with zero attached hydrogens (tertiary/aromatic N) is 2. The minimum atomic E-state index is -0.190. The summed E-state index contributed by atoms with van der Waals surface area (Å²) in [6.07, 6.45) is 1.79. The molecule has 5 nitrogen and oxygen atoms in total. The van der Waals surface area contributed by atoms with E-state index < -0.39 is 0 Å². The Labute approximate surface area is 189 Å². The number of carbonyl (C=O) groups excluding carboxylic acids is 1. The smallest absolute Gasteiger partial charge is 0.282 e. The molecule has 1 aliphatic heterocycles. The molecule has 0 N–H and O–H groups in total. The molecule has 4 rings (SSSR count). The Morgan fingerprint density at radius 2 is 1.65 bits per heavy atom. The van der Waals surface area contributed by atoms with E-state index in [1.165, 1.54) is 0 Å². The number of aliphatic imine (C=N–C) groups is 1. The van der Waals surface area contributed by atoms with Crippen molar-refractivity contribution in [3.63, 3.8) is 0 Å². The maximum absolute atomic E-state index is 13.4. The molecule has 1 heterocycles. The second kappa shape index (κ2) is 9.18. The highest BCUT2D eigenvalue weighted by molar-refractivity contribution is 9.10. The first-order chi connectivity index (χ1) is 15.1. The van der Waals surface area contributed by atoms with Crippen molar-refractivity contribution in [2.75, 3.05) is 18.6 Å². The van der Waals surface area contributed by atoms with Gasteiger partial charge in [-0.2, -0.15) is 0 Å². The molecule has 1 aliphatic rings. The maximum Gasteiger partial charge on any atom is 0.282 e. The minimum absolute atomic E-state index is 0.190. The molecule has 0 unspecified atom stereocenters. The third kappa shape index (κ3) is 4.39. The fourth-order valence-electron chi connectivity index (χ4n) is 3.30. The fraction of sp³-hybridized carbons (Fsp3) is 0.120. The van der Waals surface area contributed by atoms with Crippen molar-refractivity contribution in [2.45, 2.75) is 6.92 Å². The van der Waals surface area contributed by atoms with Gasteiger partial charge in [0.25, 0.3) is 5.91 Å². The molecule has 0 aliphatic carbocycles. The van der Waals surface area contributed by atoms with Crippen LogP contribution in [0, 0.1) is 0 Å². The third-order valence-corrected chi connectivity index (χ3v) is 5.49. The van der Waals surface area contributed by atoms with E-state index in [0.717, 1.165) is 32.8 Å².